The largest absolute Gasteiger partial charge is 0.380 e. The molecule has 2 bridgehead atoms. The summed E-state index contributed by atoms with van der Waals surface area (Å²) in [5.74, 6) is 0.903. The van der Waals surface area contributed by atoms with Gasteiger partial charge in [-0.05, 0) is 31.9 Å². The van der Waals surface area contributed by atoms with Gasteiger partial charge in [0.25, 0.3) is 5.91 Å². The van der Waals surface area contributed by atoms with Crippen LogP contribution in [0.1, 0.15) is 47.8 Å². The van der Waals surface area contributed by atoms with E-state index in [0.717, 1.165) is 18.6 Å². The second-order valence-electron chi connectivity index (χ2n) is 6.42. The molecule has 22 heavy (non-hydrogen) atoms. The van der Waals surface area contributed by atoms with Gasteiger partial charge in [0.2, 0.25) is 0 Å². The van der Waals surface area contributed by atoms with Crippen LogP contribution in [0, 0.1) is 0 Å². The lowest BCUT2D eigenvalue weighted by molar-refractivity contribution is -0.00228. The Bertz CT molecular complexity index is 546. The Morgan fingerprint density at radius 2 is 2.09 bits per heavy atom. The van der Waals surface area contributed by atoms with Crippen molar-refractivity contribution in [2.75, 3.05) is 19.5 Å². The predicted molar refractivity (Wildman–Crippen MR) is 82.7 cm³/mol. The lowest BCUT2D eigenvalue weighted by Gasteiger charge is -2.37. The normalized spacial score (nSPS) is 32.0. The van der Waals surface area contributed by atoms with Crippen LogP contribution in [0.4, 0.5) is 0 Å². The van der Waals surface area contributed by atoms with E-state index in [4.69, 9.17) is 9.26 Å². The fourth-order valence-electron chi connectivity index (χ4n) is 3.80. The van der Waals surface area contributed by atoms with Crippen molar-refractivity contribution in [1.82, 2.24) is 14.8 Å². The number of amides is 1. The Hall–Kier alpha value is -1.05. The highest BCUT2D eigenvalue weighted by atomic mass is 32.2. The summed E-state index contributed by atoms with van der Waals surface area (Å²) in [6.45, 7) is 1.32. The van der Waals surface area contributed by atoms with Crippen LogP contribution in [0.3, 0.4) is 0 Å². The number of rotatable bonds is 4. The third kappa shape index (κ3) is 2.55. The predicted octanol–water partition coefficient (Wildman–Crippen LogP) is 1.79. The molecule has 0 aliphatic carbocycles. The summed E-state index contributed by atoms with van der Waals surface area (Å²) in [6.07, 6.45) is 6.70. The van der Waals surface area contributed by atoms with Crippen molar-refractivity contribution in [3.63, 3.8) is 0 Å². The maximum Gasteiger partial charge on any atom is 0.273 e. The number of carbonyl (C=O) groups excluding carboxylic acids is 1. The first-order chi connectivity index (χ1) is 10.7. The molecule has 1 N–H and O–H groups in total. The summed E-state index contributed by atoms with van der Waals surface area (Å²) < 4.78 is 12.9. The fraction of sp³-hybridized carbons (Fsp3) is 0.733. The van der Waals surface area contributed by atoms with E-state index >= 15 is 0 Å². The first-order valence-electron chi connectivity index (χ1n) is 7.92. The van der Waals surface area contributed by atoms with Gasteiger partial charge in [-0.15, -0.1) is 0 Å². The molecule has 4 heterocycles. The quantitative estimate of drug-likeness (QED) is 0.852. The Balaban J connectivity index is 1.37. The summed E-state index contributed by atoms with van der Waals surface area (Å²) in [5.41, 5.74) is 0.390. The third-order valence-electron chi connectivity index (χ3n) is 5.01. The van der Waals surface area contributed by atoms with Crippen molar-refractivity contribution in [2.45, 2.75) is 49.7 Å². The molecule has 0 saturated carbocycles. The van der Waals surface area contributed by atoms with Crippen molar-refractivity contribution in [3.8, 4) is 0 Å². The molecule has 3 saturated heterocycles. The van der Waals surface area contributed by atoms with Crippen LogP contribution in [-0.4, -0.2) is 53.0 Å². The number of aromatic nitrogens is 1. The number of piperidine rings is 1. The minimum absolute atomic E-state index is 0.114. The topological polar surface area (TPSA) is 67.6 Å². The van der Waals surface area contributed by atoms with E-state index in [2.05, 4.69) is 21.0 Å². The van der Waals surface area contributed by atoms with Gasteiger partial charge in [-0.25, -0.2) is 4.31 Å². The van der Waals surface area contributed by atoms with E-state index in [1.165, 1.54) is 12.8 Å². The van der Waals surface area contributed by atoms with Crippen LogP contribution in [-0.2, 0) is 4.74 Å². The van der Waals surface area contributed by atoms with Gasteiger partial charge in [-0.3, -0.25) is 4.79 Å². The molecular weight excluding hydrogens is 302 g/mol. The van der Waals surface area contributed by atoms with Gasteiger partial charge in [-0.1, -0.05) is 17.1 Å². The highest BCUT2D eigenvalue weighted by molar-refractivity contribution is 7.96. The highest BCUT2D eigenvalue weighted by Gasteiger charge is 2.41. The zero-order chi connectivity index (χ0) is 15.1. The summed E-state index contributed by atoms with van der Waals surface area (Å²) in [5, 5.41) is 7.05. The Morgan fingerprint density at radius 3 is 2.68 bits per heavy atom. The first-order valence-corrected chi connectivity index (χ1v) is 9.10. The number of ether oxygens (including phenoxy) is 1. The number of hydrogen-bond acceptors (Lipinski definition) is 6. The first kappa shape index (κ1) is 14.5. The average Bonchev–Trinajstić information content (AvgIpc) is 3.00. The maximum atomic E-state index is 12.4. The van der Waals surface area contributed by atoms with Gasteiger partial charge < -0.3 is 14.6 Å². The van der Waals surface area contributed by atoms with Gasteiger partial charge in [0.1, 0.15) is 5.76 Å². The van der Waals surface area contributed by atoms with Crippen molar-refractivity contribution >= 4 is 17.9 Å². The summed E-state index contributed by atoms with van der Waals surface area (Å²) >= 11 is 1.84. The number of carbonyl (C=O) groups is 1. The smallest absolute Gasteiger partial charge is 0.273 e. The third-order valence-corrected chi connectivity index (χ3v) is 6.03. The lowest BCUT2D eigenvalue weighted by atomic mass is 9.99. The monoisotopic (exact) mass is 323 g/mol. The van der Waals surface area contributed by atoms with Gasteiger partial charge in [0.05, 0.1) is 19.1 Å². The highest BCUT2D eigenvalue weighted by Crippen LogP contribution is 2.39. The molecule has 2 unspecified atom stereocenters. The second kappa shape index (κ2) is 5.86. The summed E-state index contributed by atoms with van der Waals surface area (Å²) in [6, 6.07) is 3.20. The van der Waals surface area contributed by atoms with E-state index in [0.29, 0.717) is 31.0 Å². The molecule has 6 nitrogen and oxygen atoms in total. The molecule has 0 spiro atoms. The van der Waals surface area contributed by atoms with Crippen LogP contribution in [0.25, 0.3) is 0 Å². The Labute approximate surface area is 134 Å². The molecule has 1 aromatic rings. The van der Waals surface area contributed by atoms with Gasteiger partial charge in [0, 0.05) is 24.2 Å². The molecule has 1 amide bonds. The van der Waals surface area contributed by atoms with Gasteiger partial charge in [-0.2, -0.15) is 0 Å². The number of nitrogens with zero attached hydrogens (tertiary/aromatic N) is 2. The van der Waals surface area contributed by atoms with E-state index in [1.807, 2.05) is 11.9 Å². The van der Waals surface area contributed by atoms with Crippen LogP contribution in [0.5, 0.6) is 0 Å². The zero-order valence-corrected chi connectivity index (χ0v) is 13.5. The number of fused-ring (bicyclic) bond motifs is 2. The van der Waals surface area contributed by atoms with Crippen molar-refractivity contribution in [1.29, 1.82) is 0 Å². The molecule has 0 aromatic carbocycles. The molecule has 3 fully saturated rings. The lowest BCUT2D eigenvalue weighted by Crippen LogP contribution is -2.47. The number of nitrogens with one attached hydrogen (secondary N) is 1. The van der Waals surface area contributed by atoms with E-state index < -0.39 is 0 Å². The van der Waals surface area contributed by atoms with E-state index in [9.17, 15) is 4.79 Å². The van der Waals surface area contributed by atoms with Crippen LogP contribution >= 0.6 is 11.9 Å². The minimum atomic E-state index is -0.114. The van der Waals surface area contributed by atoms with Gasteiger partial charge >= 0.3 is 0 Å². The molecule has 3 atom stereocenters. The molecule has 7 heteroatoms. The SMILES string of the molecule is CSN1C2CC[C@H]1CC(NC(=O)c1cc(C3COC3)on1)C2. The van der Waals surface area contributed by atoms with Crippen molar-refractivity contribution < 1.29 is 14.1 Å². The van der Waals surface area contributed by atoms with Crippen molar-refractivity contribution in [2.24, 2.45) is 0 Å². The minimum Gasteiger partial charge on any atom is -0.380 e. The molecule has 4 rings (SSSR count). The fourth-order valence-corrected chi connectivity index (χ4v) is 4.78. The summed E-state index contributed by atoms with van der Waals surface area (Å²) in [4.78, 5) is 12.4. The number of hydrogen-bond donors (Lipinski definition) is 1. The van der Waals surface area contributed by atoms with Crippen LogP contribution in [0.2, 0.25) is 0 Å². The zero-order valence-electron chi connectivity index (χ0n) is 12.7. The second-order valence-corrected chi connectivity index (χ2v) is 7.20. The Kier molecular flexibility index (Phi) is 3.88. The molecular formula is C15H21N3O3S. The van der Waals surface area contributed by atoms with Crippen molar-refractivity contribution in [3.05, 3.63) is 17.5 Å². The molecule has 3 aliphatic heterocycles. The molecule has 3 aliphatic rings. The molecule has 0 radical (unpaired) electrons. The standard InChI is InChI=1S/C15H21N3O3S/c1-22-18-11-2-3-12(18)5-10(4-11)16-15(19)13-6-14(21-17-13)9-7-20-8-9/h6,9-12H,2-5,7-8H2,1H3,(H,16,19)/t10?,11-,12?/m0/s1. The Morgan fingerprint density at radius 1 is 1.36 bits per heavy atom. The van der Waals surface area contributed by atoms with E-state index in [1.54, 1.807) is 6.07 Å². The van der Waals surface area contributed by atoms with E-state index in [-0.39, 0.29) is 17.9 Å². The van der Waals surface area contributed by atoms with Crippen LogP contribution < -0.4 is 5.32 Å². The average molecular weight is 323 g/mol. The van der Waals surface area contributed by atoms with Gasteiger partial charge in [0.15, 0.2) is 5.69 Å². The van der Waals surface area contributed by atoms with Crippen LogP contribution in [0.15, 0.2) is 10.6 Å². The molecule has 120 valence electrons. The maximum absolute atomic E-state index is 12.4. The summed E-state index contributed by atoms with van der Waals surface area (Å²) in [7, 11) is 0. The molecule has 1 aromatic heterocycles.